The molecule has 1 aliphatic rings. The second-order valence-electron chi connectivity index (χ2n) is 6.21. The van der Waals surface area contributed by atoms with Crippen LogP contribution < -0.4 is 14.8 Å². The van der Waals surface area contributed by atoms with Crippen LogP contribution in [0.5, 0.6) is 11.5 Å². The number of fused-ring (bicyclic) bond motifs is 1. The average Bonchev–Trinajstić information content (AvgIpc) is 2.67. The maximum atomic E-state index is 12.3. The number of ether oxygens (including phenoxy) is 3. The molecule has 0 unspecified atom stereocenters. The molecule has 9 heteroatoms. The highest BCUT2D eigenvalue weighted by Crippen LogP contribution is 2.36. The van der Waals surface area contributed by atoms with E-state index in [-0.39, 0.29) is 30.3 Å². The zero-order valence-electron chi connectivity index (χ0n) is 15.3. The summed E-state index contributed by atoms with van der Waals surface area (Å²) >= 11 is 0. The second-order valence-corrected chi connectivity index (χ2v) is 6.21. The molecule has 146 valence electrons. The Morgan fingerprint density at radius 3 is 2.46 bits per heavy atom. The first-order chi connectivity index (χ1) is 13.3. The Bertz CT molecular complexity index is 956. The van der Waals surface area contributed by atoms with Crippen LogP contribution in [0.3, 0.4) is 0 Å². The van der Waals surface area contributed by atoms with Crippen LogP contribution in [0.4, 0.5) is 11.4 Å². The van der Waals surface area contributed by atoms with Gasteiger partial charge in [0.2, 0.25) is 0 Å². The third-order valence-electron chi connectivity index (χ3n) is 4.07. The number of nitrogens with one attached hydrogen (secondary N) is 1. The number of hydrogen-bond acceptors (Lipinski definition) is 7. The zero-order chi connectivity index (χ0) is 20.3. The van der Waals surface area contributed by atoms with Crippen LogP contribution in [0.1, 0.15) is 21.5 Å². The quantitative estimate of drug-likeness (QED) is 0.477. The van der Waals surface area contributed by atoms with Crippen molar-refractivity contribution in [2.24, 2.45) is 0 Å². The molecule has 28 heavy (non-hydrogen) atoms. The zero-order valence-corrected chi connectivity index (χ0v) is 15.3. The maximum Gasteiger partial charge on any atom is 0.345 e. The molecule has 1 amide bonds. The van der Waals surface area contributed by atoms with Gasteiger partial charge in [-0.25, -0.2) is 4.79 Å². The minimum Gasteiger partial charge on any atom is -0.486 e. The number of hydrogen-bond donors (Lipinski definition) is 1. The average molecular weight is 386 g/mol. The van der Waals surface area contributed by atoms with Crippen LogP contribution in [-0.2, 0) is 9.53 Å². The fourth-order valence-corrected chi connectivity index (χ4v) is 2.74. The Hall–Kier alpha value is -3.62. The molecular weight excluding hydrogens is 368 g/mol. The predicted octanol–water partition coefficient (Wildman–Crippen LogP) is 2.78. The van der Waals surface area contributed by atoms with Gasteiger partial charge in [-0.2, -0.15) is 0 Å². The van der Waals surface area contributed by atoms with Gasteiger partial charge in [0.05, 0.1) is 11.0 Å². The summed E-state index contributed by atoms with van der Waals surface area (Å²) in [6.07, 6.45) is 0. The number of nitro groups is 1. The van der Waals surface area contributed by atoms with Crippen molar-refractivity contribution in [3.63, 3.8) is 0 Å². The fraction of sp³-hybridized carbons (Fsp3) is 0.263. The summed E-state index contributed by atoms with van der Waals surface area (Å²) in [5.41, 5.74) is 1.71. The van der Waals surface area contributed by atoms with Gasteiger partial charge >= 0.3 is 5.97 Å². The molecular formula is C19H18N2O7. The van der Waals surface area contributed by atoms with E-state index in [0.717, 1.165) is 17.2 Å². The van der Waals surface area contributed by atoms with Gasteiger partial charge in [-0.1, -0.05) is 17.7 Å². The molecule has 0 saturated heterocycles. The van der Waals surface area contributed by atoms with Crippen molar-refractivity contribution in [2.75, 3.05) is 25.1 Å². The summed E-state index contributed by atoms with van der Waals surface area (Å²) in [4.78, 5) is 35.0. The predicted molar refractivity (Wildman–Crippen MR) is 98.9 cm³/mol. The molecule has 1 N–H and O–H groups in total. The number of carbonyl (C=O) groups is 2. The van der Waals surface area contributed by atoms with Crippen LogP contribution in [-0.4, -0.2) is 36.6 Å². The van der Waals surface area contributed by atoms with E-state index in [1.54, 1.807) is 6.07 Å². The Morgan fingerprint density at radius 1 is 1.14 bits per heavy atom. The summed E-state index contributed by atoms with van der Waals surface area (Å²) in [7, 11) is 0. The minimum atomic E-state index is -1.00. The first-order valence-corrected chi connectivity index (χ1v) is 8.47. The van der Waals surface area contributed by atoms with Gasteiger partial charge in [0, 0.05) is 11.8 Å². The maximum absolute atomic E-state index is 12.3. The lowest BCUT2D eigenvalue weighted by atomic mass is 10.1. The van der Waals surface area contributed by atoms with E-state index in [1.165, 1.54) is 6.07 Å². The summed E-state index contributed by atoms with van der Waals surface area (Å²) in [5.74, 6) is -1.16. The van der Waals surface area contributed by atoms with E-state index in [4.69, 9.17) is 14.2 Å². The number of carbonyl (C=O) groups excluding carboxylic acids is 2. The molecule has 0 aliphatic carbocycles. The van der Waals surface area contributed by atoms with Gasteiger partial charge in [0.1, 0.15) is 18.8 Å². The molecule has 0 fully saturated rings. The molecule has 0 saturated carbocycles. The molecule has 1 heterocycles. The standard InChI is InChI=1S/C19H18N2O7/c1-11-3-4-14(12(2)7-11)20-18(22)10-28-19(23)13-8-16-17(27-6-5-26-16)9-15(13)21(24)25/h3-4,7-9H,5-6,10H2,1-2H3,(H,20,22). The molecule has 3 rings (SSSR count). The number of nitrogens with zero attached hydrogens (tertiary/aromatic N) is 1. The van der Waals surface area contributed by atoms with Crippen molar-refractivity contribution < 1.29 is 28.7 Å². The van der Waals surface area contributed by atoms with Gasteiger partial charge in [0.25, 0.3) is 11.6 Å². The first-order valence-electron chi connectivity index (χ1n) is 8.47. The summed E-state index contributed by atoms with van der Waals surface area (Å²) in [5, 5.41) is 13.9. The number of anilines is 1. The summed E-state index contributed by atoms with van der Waals surface area (Å²) in [6.45, 7) is 3.70. The normalized spacial score (nSPS) is 12.2. The van der Waals surface area contributed by atoms with Gasteiger partial charge < -0.3 is 19.5 Å². The highest BCUT2D eigenvalue weighted by Gasteiger charge is 2.27. The fourth-order valence-electron chi connectivity index (χ4n) is 2.74. The number of nitro benzene ring substituents is 1. The van der Waals surface area contributed by atoms with Crippen molar-refractivity contribution in [2.45, 2.75) is 13.8 Å². The van der Waals surface area contributed by atoms with Gasteiger partial charge in [-0.15, -0.1) is 0 Å². The molecule has 0 radical (unpaired) electrons. The van der Waals surface area contributed by atoms with E-state index in [9.17, 15) is 19.7 Å². The van der Waals surface area contributed by atoms with Crippen molar-refractivity contribution in [1.29, 1.82) is 0 Å². The lowest BCUT2D eigenvalue weighted by molar-refractivity contribution is -0.385. The number of aryl methyl sites for hydroxylation is 2. The lowest BCUT2D eigenvalue weighted by Gasteiger charge is -2.18. The Kier molecular flexibility index (Phi) is 5.44. The van der Waals surface area contributed by atoms with Crippen molar-refractivity contribution >= 4 is 23.3 Å². The Morgan fingerprint density at radius 2 is 1.82 bits per heavy atom. The first kappa shape index (κ1) is 19.2. The number of amides is 1. The Labute approximate surface area is 160 Å². The summed E-state index contributed by atoms with van der Waals surface area (Å²) in [6, 6.07) is 7.79. The molecule has 2 aromatic rings. The van der Waals surface area contributed by atoms with Crippen LogP contribution in [0.25, 0.3) is 0 Å². The minimum absolute atomic E-state index is 0.182. The van der Waals surface area contributed by atoms with Crippen LogP contribution in [0, 0.1) is 24.0 Å². The summed E-state index contributed by atoms with van der Waals surface area (Å²) < 4.78 is 15.6. The van der Waals surface area contributed by atoms with Crippen LogP contribution >= 0.6 is 0 Å². The van der Waals surface area contributed by atoms with Gasteiger partial charge in [0.15, 0.2) is 18.1 Å². The SMILES string of the molecule is Cc1ccc(NC(=O)COC(=O)c2cc3c(cc2[N+](=O)[O-])OCCO3)c(C)c1. The van der Waals surface area contributed by atoms with E-state index in [0.29, 0.717) is 5.69 Å². The second kappa shape index (κ2) is 7.95. The third kappa shape index (κ3) is 4.20. The van der Waals surface area contributed by atoms with E-state index < -0.39 is 29.1 Å². The third-order valence-corrected chi connectivity index (χ3v) is 4.07. The number of rotatable bonds is 5. The molecule has 0 atom stereocenters. The van der Waals surface area contributed by atoms with E-state index in [1.807, 2.05) is 26.0 Å². The highest BCUT2D eigenvalue weighted by atomic mass is 16.6. The molecule has 0 aromatic heterocycles. The van der Waals surface area contributed by atoms with Crippen LogP contribution in [0.2, 0.25) is 0 Å². The van der Waals surface area contributed by atoms with E-state index in [2.05, 4.69) is 5.32 Å². The van der Waals surface area contributed by atoms with Crippen molar-refractivity contribution in [3.05, 3.63) is 57.1 Å². The van der Waals surface area contributed by atoms with Crippen molar-refractivity contribution in [1.82, 2.24) is 0 Å². The topological polar surface area (TPSA) is 117 Å². The number of benzene rings is 2. The molecule has 1 aliphatic heterocycles. The molecule has 0 bridgehead atoms. The van der Waals surface area contributed by atoms with Gasteiger partial charge in [-0.3, -0.25) is 14.9 Å². The van der Waals surface area contributed by atoms with Crippen molar-refractivity contribution in [3.8, 4) is 11.5 Å². The van der Waals surface area contributed by atoms with Crippen LogP contribution in [0.15, 0.2) is 30.3 Å². The Balaban J connectivity index is 1.70. The molecule has 2 aromatic carbocycles. The van der Waals surface area contributed by atoms with E-state index >= 15 is 0 Å². The molecule has 9 nitrogen and oxygen atoms in total. The molecule has 0 spiro atoms. The largest absolute Gasteiger partial charge is 0.486 e. The lowest BCUT2D eigenvalue weighted by Crippen LogP contribution is -2.22. The smallest absolute Gasteiger partial charge is 0.345 e. The monoisotopic (exact) mass is 386 g/mol. The number of esters is 1. The highest BCUT2D eigenvalue weighted by molar-refractivity contribution is 5.98. The van der Waals surface area contributed by atoms with Gasteiger partial charge in [-0.05, 0) is 25.5 Å².